The van der Waals surface area contributed by atoms with Crippen LogP contribution in [0.25, 0.3) is 0 Å². The van der Waals surface area contributed by atoms with E-state index in [9.17, 15) is 14.4 Å². The molecule has 38 heavy (non-hydrogen) atoms. The van der Waals surface area contributed by atoms with Crippen molar-refractivity contribution in [3.05, 3.63) is 53.2 Å². The van der Waals surface area contributed by atoms with E-state index in [1.54, 1.807) is 24.4 Å². The first-order valence-electron chi connectivity index (χ1n) is 14.2. The summed E-state index contributed by atoms with van der Waals surface area (Å²) in [6.45, 7) is 0.810. The van der Waals surface area contributed by atoms with E-state index in [-0.39, 0.29) is 23.7 Å². The molecule has 2 aromatic rings. The van der Waals surface area contributed by atoms with Crippen molar-refractivity contribution in [2.45, 2.75) is 82.3 Å². The normalized spacial score (nSPS) is 25.2. The Bertz CT molecular complexity index is 1220. The van der Waals surface area contributed by atoms with Crippen LogP contribution in [0, 0.1) is 11.8 Å². The van der Waals surface area contributed by atoms with Gasteiger partial charge in [-0.2, -0.15) is 0 Å². The standard InChI is InChI=1S/C30H37N5O3/c31-29(37)24-10-7-20(16-25(24)33-22-3-1-2-4-22)30(38)34-23-13-14-35(26-11-8-19(26)15-23)27-12-9-21(17-32-27)28(36)18-5-6-18/h7,9-10,12,16-19,22-23,26,33H,1-6,8,11,13-15H2,(H2,31,37)(H,34,38). The molecular formula is C30H37N5O3. The number of rotatable bonds is 8. The zero-order valence-corrected chi connectivity index (χ0v) is 21.8. The summed E-state index contributed by atoms with van der Waals surface area (Å²) >= 11 is 0. The van der Waals surface area contributed by atoms with Crippen LogP contribution in [0.3, 0.4) is 0 Å². The number of amides is 2. The first-order chi connectivity index (χ1) is 18.5. The van der Waals surface area contributed by atoms with Gasteiger partial charge in [-0.05, 0) is 87.6 Å². The number of carbonyl (C=O) groups excluding carboxylic acids is 3. The van der Waals surface area contributed by atoms with Crippen LogP contribution >= 0.6 is 0 Å². The zero-order valence-electron chi connectivity index (χ0n) is 21.8. The Morgan fingerprint density at radius 1 is 0.895 bits per heavy atom. The fourth-order valence-electron chi connectivity index (χ4n) is 6.46. The van der Waals surface area contributed by atoms with Crippen molar-refractivity contribution in [3.8, 4) is 0 Å². The molecule has 3 unspecified atom stereocenters. The first kappa shape index (κ1) is 24.9. The highest BCUT2D eigenvalue weighted by atomic mass is 16.2. The average molecular weight is 516 g/mol. The summed E-state index contributed by atoms with van der Waals surface area (Å²) < 4.78 is 0. The summed E-state index contributed by atoms with van der Waals surface area (Å²) in [5.41, 5.74) is 7.94. The molecule has 6 rings (SSSR count). The van der Waals surface area contributed by atoms with Gasteiger partial charge in [0.05, 0.1) is 5.56 Å². The van der Waals surface area contributed by atoms with Gasteiger partial charge in [0, 0.05) is 53.6 Å². The van der Waals surface area contributed by atoms with Crippen molar-refractivity contribution in [3.63, 3.8) is 0 Å². The van der Waals surface area contributed by atoms with Gasteiger partial charge >= 0.3 is 0 Å². The minimum Gasteiger partial charge on any atom is -0.382 e. The monoisotopic (exact) mass is 515 g/mol. The maximum atomic E-state index is 13.3. The number of primary amides is 1. The van der Waals surface area contributed by atoms with Crippen LogP contribution in [0.15, 0.2) is 36.5 Å². The van der Waals surface area contributed by atoms with Crippen LogP contribution in [0.5, 0.6) is 0 Å². The highest BCUT2D eigenvalue weighted by molar-refractivity contribution is 6.02. The largest absolute Gasteiger partial charge is 0.382 e. The lowest BCUT2D eigenvalue weighted by molar-refractivity contribution is 0.0923. The van der Waals surface area contributed by atoms with E-state index < -0.39 is 5.91 Å². The Balaban J connectivity index is 1.13. The quantitative estimate of drug-likeness (QED) is 0.451. The van der Waals surface area contributed by atoms with Gasteiger partial charge in [0.15, 0.2) is 5.78 Å². The highest BCUT2D eigenvalue weighted by Crippen LogP contribution is 2.40. The minimum atomic E-state index is -0.490. The van der Waals surface area contributed by atoms with Crippen molar-refractivity contribution in [2.75, 3.05) is 16.8 Å². The molecule has 2 heterocycles. The number of benzene rings is 1. The number of anilines is 2. The number of hydrogen-bond donors (Lipinski definition) is 3. The van der Waals surface area contributed by atoms with Crippen LogP contribution in [0.2, 0.25) is 0 Å². The third-order valence-corrected chi connectivity index (χ3v) is 8.96. The summed E-state index contributed by atoms with van der Waals surface area (Å²) in [4.78, 5) is 44.7. The molecule has 3 saturated carbocycles. The molecule has 0 bridgehead atoms. The summed E-state index contributed by atoms with van der Waals surface area (Å²) in [6.07, 6.45) is 12.2. The van der Waals surface area contributed by atoms with Crippen molar-refractivity contribution in [2.24, 2.45) is 17.6 Å². The SMILES string of the molecule is NC(=O)c1ccc(C(=O)NC2CCN(c3ccc(C(=O)C4CC4)cn3)C3CCC3C2)cc1NC1CCCC1. The average Bonchev–Trinajstić information content (AvgIpc) is 3.65. The van der Waals surface area contributed by atoms with Gasteiger partial charge in [-0.15, -0.1) is 0 Å². The molecule has 0 spiro atoms. The molecule has 1 aliphatic heterocycles. The third kappa shape index (κ3) is 5.13. The molecule has 4 N–H and O–H groups in total. The Kier molecular flexibility index (Phi) is 6.80. The molecule has 1 aromatic heterocycles. The van der Waals surface area contributed by atoms with Crippen LogP contribution in [-0.4, -0.2) is 47.3 Å². The number of Topliss-reactive ketones (excluding diaryl/α,β-unsaturated/α-hetero) is 1. The van der Waals surface area contributed by atoms with Crippen LogP contribution in [-0.2, 0) is 0 Å². The van der Waals surface area contributed by atoms with Crippen molar-refractivity contribution in [1.29, 1.82) is 0 Å². The van der Waals surface area contributed by atoms with Gasteiger partial charge in [0.25, 0.3) is 11.8 Å². The number of aromatic nitrogens is 1. The number of nitrogens with zero attached hydrogens (tertiary/aromatic N) is 2. The van der Waals surface area contributed by atoms with Gasteiger partial charge in [0.2, 0.25) is 0 Å². The molecule has 8 heteroatoms. The zero-order chi connectivity index (χ0) is 26.2. The van der Waals surface area contributed by atoms with Crippen molar-refractivity contribution >= 4 is 29.1 Å². The number of carbonyl (C=O) groups is 3. The number of fused-ring (bicyclic) bond motifs is 1. The van der Waals surface area contributed by atoms with Gasteiger partial charge in [-0.3, -0.25) is 14.4 Å². The molecule has 200 valence electrons. The minimum absolute atomic E-state index is 0.0677. The summed E-state index contributed by atoms with van der Waals surface area (Å²) in [5, 5.41) is 6.72. The number of ketones is 1. The topological polar surface area (TPSA) is 117 Å². The van der Waals surface area contributed by atoms with Gasteiger partial charge in [-0.1, -0.05) is 12.8 Å². The number of nitrogens with one attached hydrogen (secondary N) is 2. The molecule has 0 radical (unpaired) electrons. The lowest BCUT2D eigenvalue weighted by atomic mass is 9.76. The van der Waals surface area contributed by atoms with E-state index in [0.29, 0.717) is 40.4 Å². The predicted molar refractivity (Wildman–Crippen MR) is 146 cm³/mol. The molecule has 4 fully saturated rings. The van der Waals surface area contributed by atoms with Gasteiger partial charge in [-0.25, -0.2) is 4.98 Å². The fraction of sp³-hybridized carbons (Fsp3) is 0.533. The lowest BCUT2D eigenvalue weighted by Crippen LogP contribution is -2.47. The molecule has 3 atom stereocenters. The fourth-order valence-corrected chi connectivity index (χ4v) is 6.46. The number of nitrogens with two attached hydrogens (primary N) is 1. The first-order valence-corrected chi connectivity index (χ1v) is 14.2. The Morgan fingerprint density at radius 3 is 2.34 bits per heavy atom. The Labute approximate surface area is 223 Å². The molecule has 1 saturated heterocycles. The smallest absolute Gasteiger partial charge is 0.251 e. The van der Waals surface area contributed by atoms with Gasteiger partial charge in [0.1, 0.15) is 5.82 Å². The molecule has 2 amide bonds. The molecular weight excluding hydrogens is 478 g/mol. The Morgan fingerprint density at radius 2 is 1.68 bits per heavy atom. The maximum absolute atomic E-state index is 13.3. The summed E-state index contributed by atoms with van der Waals surface area (Å²) in [7, 11) is 0. The number of pyridine rings is 1. The maximum Gasteiger partial charge on any atom is 0.251 e. The van der Waals surface area contributed by atoms with E-state index in [1.807, 2.05) is 12.1 Å². The van der Waals surface area contributed by atoms with E-state index in [0.717, 1.165) is 63.7 Å². The second-order valence-corrected chi connectivity index (χ2v) is 11.6. The summed E-state index contributed by atoms with van der Waals surface area (Å²) in [5.74, 6) is 1.23. The lowest BCUT2D eigenvalue weighted by Gasteiger charge is -2.43. The van der Waals surface area contributed by atoms with Crippen LogP contribution in [0.1, 0.15) is 95.3 Å². The van der Waals surface area contributed by atoms with Crippen LogP contribution in [0.4, 0.5) is 11.5 Å². The second-order valence-electron chi connectivity index (χ2n) is 11.6. The van der Waals surface area contributed by atoms with E-state index in [1.165, 1.54) is 12.8 Å². The third-order valence-electron chi connectivity index (χ3n) is 8.96. The number of hydrogen-bond acceptors (Lipinski definition) is 6. The second kappa shape index (κ2) is 10.4. The molecule has 4 aliphatic rings. The van der Waals surface area contributed by atoms with E-state index >= 15 is 0 Å². The van der Waals surface area contributed by atoms with Crippen molar-refractivity contribution in [1.82, 2.24) is 10.3 Å². The van der Waals surface area contributed by atoms with Crippen molar-refractivity contribution < 1.29 is 14.4 Å². The molecule has 8 nitrogen and oxygen atoms in total. The predicted octanol–water partition coefficient (Wildman–Crippen LogP) is 4.31. The summed E-state index contributed by atoms with van der Waals surface area (Å²) in [6, 6.07) is 9.84. The Hall–Kier alpha value is -3.42. The highest BCUT2D eigenvalue weighted by Gasteiger charge is 2.40. The molecule has 1 aromatic carbocycles. The molecule has 3 aliphatic carbocycles. The van der Waals surface area contributed by atoms with E-state index in [4.69, 9.17) is 5.73 Å². The van der Waals surface area contributed by atoms with E-state index in [2.05, 4.69) is 20.5 Å². The van der Waals surface area contributed by atoms with Crippen LogP contribution < -0.4 is 21.3 Å². The van der Waals surface area contributed by atoms with Gasteiger partial charge < -0.3 is 21.3 Å².